The lowest BCUT2D eigenvalue weighted by atomic mass is 9.87. The Balaban J connectivity index is 1.75. The van der Waals surface area contributed by atoms with Crippen LogP contribution in [0.3, 0.4) is 0 Å². The molecule has 0 amide bonds. The summed E-state index contributed by atoms with van der Waals surface area (Å²) in [6.45, 7) is 7.42. The maximum absolute atomic E-state index is 12.7. The number of nitrogens with two attached hydrogens (primary N) is 1. The van der Waals surface area contributed by atoms with E-state index in [9.17, 15) is 34.4 Å². The van der Waals surface area contributed by atoms with Crippen LogP contribution in [0.1, 0.15) is 146 Å². The molecular formula is C43H74NO13P. The van der Waals surface area contributed by atoms with Gasteiger partial charge in [-0.05, 0) is 69.9 Å². The second kappa shape index (κ2) is 29.8. The Labute approximate surface area is 346 Å². The van der Waals surface area contributed by atoms with E-state index in [1.165, 1.54) is 11.1 Å². The molecule has 334 valence electrons. The molecule has 1 fully saturated rings. The second-order valence-corrected chi connectivity index (χ2v) is 16.8. The standard InChI is InChI=1S/C43H74NO13P/c1-5-7-14-20-34(45)25-26-40-36(37(46)29-43(49)57-40)21-15-12-13-17-23-41(47)52-30-35(31-54-58(50,51)53-28-27-44)55-42(48)24-18-11-9-8-10-16-22-39-33(4)32(3)38(56-39)19-6-2/h12,15,25-26,34-37,40,43,45-46,49H,5-11,13-14,16-24,27-31,44H2,1-4H3,(H,50,51)/b15-12-,26-25+/t34-,35+,36-,37-,40+,43?/m0/s1. The molecule has 0 bridgehead atoms. The SMILES string of the molecule is CCCCC[C@H](O)/C=C/[C@H]1OC(O)C[C@H](O)[C@@H]1C/C=C\CCCC(=O)OC[C@H](COP(=O)(O)OCCN)OC(=O)CCCCCCCCc1oc(CCC)c(C)c1C. The highest BCUT2D eigenvalue weighted by molar-refractivity contribution is 7.47. The van der Waals surface area contributed by atoms with E-state index in [0.29, 0.717) is 32.1 Å². The van der Waals surface area contributed by atoms with E-state index in [4.69, 9.17) is 33.4 Å². The van der Waals surface area contributed by atoms with Crippen molar-refractivity contribution in [1.29, 1.82) is 0 Å². The van der Waals surface area contributed by atoms with Crippen molar-refractivity contribution in [3.8, 4) is 0 Å². The Bertz CT molecular complexity index is 1400. The topological polar surface area (TPSA) is 217 Å². The van der Waals surface area contributed by atoms with Gasteiger partial charge in [-0.15, -0.1) is 0 Å². The molecule has 2 unspecified atom stereocenters. The molecule has 1 aromatic rings. The van der Waals surface area contributed by atoms with Crippen LogP contribution in [0.5, 0.6) is 0 Å². The van der Waals surface area contributed by atoms with Crippen LogP contribution in [0.25, 0.3) is 0 Å². The zero-order valence-corrected chi connectivity index (χ0v) is 36.4. The molecule has 0 radical (unpaired) electrons. The van der Waals surface area contributed by atoms with Crippen LogP contribution < -0.4 is 5.73 Å². The summed E-state index contributed by atoms with van der Waals surface area (Å²) in [5, 5.41) is 30.9. The number of hydrogen-bond donors (Lipinski definition) is 5. The molecule has 15 heteroatoms. The highest BCUT2D eigenvalue weighted by Crippen LogP contribution is 2.43. The number of phosphoric acid groups is 1. The highest BCUT2D eigenvalue weighted by atomic mass is 31.2. The molecule has 0 aromatic carbocycles. The fourth-order valence-corrected chi connectivity index (χ4v) is 7.54. The van der Waals surface area contributed by atoms with Gasteiger partial charge in [-0.25, -0.2) is 4.57 Å². The Kier molecular flexibility index (Phi) is 26.6. The van der Waals surface area contributed by atoms with E-state index in [2.05, 4.69) is 27.7 Å². The van der Waals surface area contributed by atoms with Gasteiger partial charge in [-0.1, -0.05) is 83.1 Å². The molecule has 1 aromatic heterocycles. The predicted octanol–water partition coefficient (Wildman–Crippen LogP) is 7.37. The van der Waals surface area contributed by atoms with Crippen LogP contribution in [0.4, 0.5) is 0 Å². The van der Waals surface area contributed by atoms with Crippen LogP contribution >= 0.6 is 7.82 Å². The van der Waals surface area contributed by atoms with Gasteiger partial charge in [0.15, 0.2) is 12.4 Å². The lowest BCUT2D eigenvalue weighted by molar-refractivity contribution is -0.199. The van der Waals surface area contributed by atoms with E-state index < -0.39 is 57.1 Å². The minimum atomic E-state index is -4.46. The van der Waals surface area contributed by atoms with Crippen molar-refractivity contribution >= 4 is 19.8 Å². The summed E-state index contributed by atoms with van der Waals surface area (Å²) >= 11 is 0. The number of hydrogen-bond acceptors (Lipinski definition) is 13. The smallest absolute Gasteiger partial charge is 0.466 e. The molecular weight excluding hydrogens is 769 g/mol. The van der Waals surface area contributed by atoms with Gasteiger partial charge in [0.25, 0.3) is 0 Å². The first kappa shape index (κ1) is 51.8. The number of aliphatic hydroxyl groups is 3. The summed E-state index contributed by atoms with van der Waals surface area (Å²) in [5.41, 5.74) is 7.87. The van der Waals surface area contributed by atoms with Crippen LogP contribution in [-0.2, 0) is 50.3 Å². The Morgan fingerprint density at radius 3 is 2.28 bits per heavy atom. The van der Waals surface area contributed by atoms with Gasteiger partial charge in [-0.3, -0.25) is 18.6 Å². The van der Waals surface area contributed by atoms with Crippen molar-refractivity contribution in [3.63, 3.8) is 0 Å². The summed E-state index contributed by atoms with van der Waals surface area (Å²) < 4.78 is 44.5. The van der Waals surface area contributed by atoms with E-state index in [-0.39, 0.29) is 44.9 Å². The van der Waals surface area contributed by atoms with Crippen LogP contribution in [0.2, 0.25) is 0 Å². The van der Waals surface area contributed by atoms with Gasteiger partial charge in [0.05, 0.1) is 31.5 Å². The number of carbonyl (C=O) groups excluding carboxylic acids is 2. The van der Waals surface area contributed by atoms with Crippen LogP contribution in [0, 0.1) is 19.8 Å². The van der Waals surface area contributed by atoms with Crippen LogP contribution in [-0.4, -0.2) is 89.2 Å². The largest absolute Gasteiger partial charge is 0.472 e. The number of furan rings is 1. The predicted molar refractivity (Wildman–Crippen MR) is 222 cm³/mol. The Morgan fingerprint density at radius 2 is 1.57 bits per heavy atom. The van der Waals surface area contributed by atoms with Gasteiger partial charge >= 0.3 is 19.8 Å². The average molecular weight is 844 g/mol. The van der Waals surface area contributed by atoms with Gasteiger partial charge in [-0.2, -0.15) is 0 Å². The summed E-state index contributed by atoms with van der Waals surface area (Å²) in [7, 11) is -4.46. The minimum Gasteiger partial charge on any atom is -0.466 e. The fraction of sp³-hybridized carbons (Fsp3) is 0.767. The number of ether oxygens (including phenoxy) is 3. The van der Waals surface area contributed by atoms with Crippen molar-refractivity contribution in [1.82, 2.24) is 0 Å². The monoisotopic (exact) mass is 843 g/mol. The first-order chi connectivity index (χ1) is 27.8. The average Bonchev–Trinajstić information content (AvgIpc) is 3.45. The molecule has 0 aliphatic carbocycles. The number of esters is 2. The molecule has 14 nitrogen and oxygen atoms in total. The lowest BCUT2D eigenvalue weighted by Crippen LogP contribution is -2.43. The molecule has 2 heterocycles. The lowest BCUT2D eigenvalue weighted by Gasteiger charge is -2.36. The fourth-order valence-electron chi connectivity index (χ4n) is 6.78. The molecule has 6 N–H and O–H groups in total. The molecule has 58 heavy (non-hydrogen) atoms. The maximum atomic E-state index is 12.7. The third-order valence-electron chi connectivity index (χ3n) is 10.3. The minimum absolute atomic E-state index is 0.00553. The van der Waals surface area contributed by atoms with Crippen molar-refractivity contribution in [2.45, 2.75) is 180 Å². The number of unbranched alkanes of at least 4 members (excludes halogenated alkanes) is 8. The molecule has 0 saturated carbocycles. The summed E-state index contributed by atoms with van der Waals surface area (Å²) in [6.07, 6.45) is 17.0. The van der Waals surface area contributed by atoms with E-state index in [1.54, 1.807) is 12.2 Å². The molecule has 0 spiro atoms. The molecule has 2 rings (SSSR count). The third-order valence-corrected chi connectivity index (χ3v) is 11.3. The van der Waals surface area contributed by atoms with E-state index in [0.717, 1.165) is 82.1 Å². The number of aryl methyl sites for hydroxylation is 2. The van der Waals surface area contributed by atoms with Gasteiger partial charge in [0.1, 0.15) is 18.1 Å². The quantitative estimate of drug-likeness (QED) is 0.0207. The molecule has 1 saturated heterocycles. The first-order valence-electron chi connectivity index (χ1n) is 21.6. The summed E-state index contributed by atoms with van der Waals surface area (Å²) in [6, 6.07) is 0. The Morgan fingerprint density at radius 1 is 0.879 bits per heavy atom. The van der Waals surface area contributed by atoms with Crippen molar-refractivity contribution in [3.05, 3.63) is 47.0 Å². The highest BCUT2D eigenvalue weighted by Gasteiger charge is 2.35. The number of aliphatic hydroxyl groups excluding tert-OH is 3. The third kappa shape index (κ3) is 21.7. The Hall–Kier alpha value is -2.39. The van der Waals surface area contributed by atoms with Gasteiger partial charge in [0, 0.05) is 44.6 Å². The number of rotatable bonds is 32. The van der Waals surface area contributed by atoms with Gasteiger partial charge < -0.3 is 44.6 Å². The second-order valence-electron chi connectivity index (χ2n) is 15.3. The van der Waals surface area contributed by atoms with Gasteiger partial charge in [0.2, 0.25) is 0 Å². The zero-order valence-electron chi connectivity index (χ0n) is 35.5. The molecule has 7 atom stereocenters. The maximum Gasteiger partial charge on any atom is 0.472 e. The van der Waals surface area contributed by atoms with Crippen molar-refractivity contribution < 1.29 is 62.0 Å². The zero-order chi connectivity index (χ0) is 42.8. The number of carbonyl (C=O) groups is 2. The number of phosphoric ester groups is 1. The first-order valence-corrected chi connectivity index (χ1v) is 23.1. The number of allylic oxidation sites excluding steroid dienone is 2. The van der Waals surface area contributed by atoms with Crippen molar-refractivity contribution in [2.75, 3.05) is 26.4 Å². The molecule has 1 aliphatic heterocycles. The molecule has 1 aliphatic rings. The van der Waals surface area contributed by atoms with E-state index >= 15 is 0 Å². The van der Waals surface area contributed by atoms with Crippen LogP contribution in [0.15, 0.2) is 28.7 Å². The van der Waals surface area contributed by atoms with E-state index in [1.807, 2.05) is 12.2 Å². The summed E-state index contributed by atoms with van der Waals surface area (Å²) in [4.78, 5) is 35.2. The normalized spacial score (nSPS) is 20.7. The summed E-state index contributed by atoms with van der Waals surface area (Å²) in [5.74, 6) is 0.815. The van der Waals surface area contributed by atoms with Crippen molar-refractivity contribution in [2.24, 2.45) is 11.7 Å².